The standard InChI is InChI=1S/C15H21N3O2S/c1-15(2,3)20-14(19)17-9-10(16)8-13-18-11-6-4-5-7-12(11)21-13/h4-7,10H,8-9,16H2,1-3H3,(H,17,19). The topological polar surface area (TPSA) is 77.2 Å². The van der Waals surface area contributed by atoms with E-state index < -0.39 is 11.7 Å². The molecular weight excluding hydrogens is 286 g/mol. The van der Waals surface area contributed by atoms with Crippen LogP contribution in [-0.2, 0) is 11.2 Å². The average molecular weight is 307 g/mol. The first-order valence-corrected chi connectivity index (χ1v) is 7.72. The number of hydrogen-bond acceptors (Lipinski definition) is 5. The third kappa shape index (κ3) is 4.99. The van der Waals surface area contributed by atoms with Crippen molar-refractivity contribution in [1.29, 1.82) is 0 Å². The molecule has 0 saturated heterocycles. The van der Waals surface area contributed by atoms with Crippen molar-refractivity contribution in [2.45, 2.75) is 38.8 Å². The Balaban J connectivity index is 1.84. The summed E-state index contributed by atoms with van der Waals surface area (Å²) in [7, 11) is 0. The Kier molecular flexibility index (Phi) is 4.80. The molecule has 114 valence electrons. The summed E-state index contributed by atoms with van der Waals surface area (Å²) in [5.41, 5.74) is 6.53. The largest absolute Gasteiger partial charge is 0.444 e. The molecule has 1 aromatic carbocycles. The summed E-state index contributed by atoms with van der Waals surface area (Å²) in [6.45, 7) is 5.85. The van der Waals surface area contributed by atoms with Gasteiger partial charge < -0.3 is 15.8 Å². The smallest absolute Gasteiger partial charge is 0.407 e. The summed E-state index contributed by atoms with van der Waals surface area (Å²) < 4.78 is 6.32. The normalized spacial score (nSPS) is 13.1. The number of nitrogens with two attached hydrogens (primary N) is 1. The number of amides is 1. The van der Waals surface area contributed by atoms with Crippen molar-refractivity contribution in [3.63, 3.8) is 0 Å². The van der Waals surface area contributed by atoms with Crippen molar-refractivity contribution in [2.75, 3.05) is 6.54 Å². The van der Waals surface area contributed by atoms with Gasteiger partial charge in [0.2, 0.25) is 0 Å². The van der Waals surface area contributed by atoms with Crippen LogP contribution < -0.4 is 11.1 Å². The van der Waals surface area contributed by atoms with Crippen LogP contribution in [-0.4, -0.2) is 29.3 Å². The number of aromatic nitrogens is 1. The minimum atomic E-state index is -0.499. The second-order valence-electron chi connectivity index (χ2n) is 5.92. The van der Waals surface area contributed by atoms with Crippen LogP contribution in [0, 0.1) is 0 Å². The van der Waals surface area contributed by atoms with Gasteiger partial charge in [-0.15, -0.1) is 11.3 Å². The summed E-state index contributed by atoms with van der Waals surface area (Å²) in [5, 5.41) is 3.66. The monoisotopic (exact) mass is 307 g/mol. The minimum Gasteiger partial charge on any atom is -0.444 e. The number of nitrogens with one attached hydrogen (secondary N) is 1. The summed E-state index contributed by atoms with van der Waals surface area (Å²) in [5.74, 6) is 0. The number of benzene rings is 1. The first kappa shape index (κ1) is 15.7. The van der Waals surface area contributed by atoms with Gasteiger partial charge in [0.1, 0.15) is 5.60 Å². The lowest BCUT2D eigenvalue weighted by Crippen LogP contribution is -2.41. The molecule has 1 aromatic heterocycles. The molecule has 3 N–H and O–H groups in total. The first-order chi connectivity index (χ1) is 9.83. The fourth-order valence-electron chi connectivity index (χ4n) is 1.83. The van der Waals surface area contributed by atoms with Crippen LogP contribution in [0.5, 0.6) is 0 Å². The molecule has 1 atom stereocenters. The summed E-state index contributed by atoms with van der Waals surface area (Å²) in [6.07, 6.45) is 0.192. The fourth-order valence-corrected chi connectivity index (χ4v) is 2.89. The third-order valence-electron chi connectivity index (χ3n) is 2.68. The lowest BCUT2D eigenvalue weighted by molar-refractivity contribution is 0.0524. The number of hydrogen-bond donors (Lipinski definition) is 2. The highest BCUT2D eigenvalue weighted by Gasteiger charge is 2.17. The summed E-state index contributed by atoms with van der Waals surface area (Å²) >= 11 is 1.63. The van der Waals surface area contributed by atoms with Gasteiger partial charge in [0.15, 0.2) is 0 Å². The van der Waals surface area contributed by atoms with Gasteiger partial charge in [-0.05, 0) is 32.9 Å². The maximum atomic E-state index is 11.6. The number of nitrogens with zero attached hydrogens (tertiary/aromatic N) is 1. The number of ether oxygens (including phenoxy) is 1. The predicted octanol–water partition coefficient (Wildman–Crippen LogP) is 2.69. The molecule has 0 aliphatic rings. The molecule has 0 aliphatic heterocycles. The average Bonchev–Trinajstić information content (AvgIpc) is 2.76. The SMILES string of the molecule is CC(C)(C)OC(=O)NCC(N)Cc1nc2ccccc2s1. The van der Waals surface area contributed by atoms with Crippen LogP contribution >= 0.6 is 11.3 Å². The fraction of sp³-hybridized carbons (Fsp3) is 0.467. The maximum absolute atomic E-state index is 11.6. The zero-order chi connectivity index (χ0) is 15.5. The van der Waals surface area contributed by atoms with Gasteiger partial charge in [0.05, 0.1) is 15.2 Å². The second kappa shape index (κ2) is 6.41. The highest BCUT2D eigenvalue weighted by molar-refractivity contribution is 7.18. The minimum absolute atomic E-state index is 0.182. The Bertz CT molecular complexity index is 586. The number of thiazole rings is 1. The van der Waals surface area contributed by atoms with Gasteiger partial charge in [0.25, 0.3) is 0 Å². The van der Waals surface area contributed by atoms with E-state index in [1.54, 1.807) is 11.3 Å². The van der Waals surface area contributed by atoms with Gasteiger partial charge in [-0.25, -0.2) is 9.78 Å². The zero-order valence-electron chi connectivity index (χ0n) is 12.6. The molecule has 6 heteroatoms. The van der Waals surface area contributed by atoms with Gasteiger partial charge in [-0.3, -0.25) is 0 Å². The molecule has 0 spiro atoms. The first-order valence-electron chi connectivity index (χ1n) is 6.90. The van der Waals surface area contributed by atoms with E-state index in [0.717, 1.165) is 15.2 Å². The lowest BCUT2D eigenvalue weighted by Gasteiger charge is -2.20. The van der Waals surface area contributed by atoms with Crippen LogP contribution in [0.15, 0.2) is 24.3 Å². The molecule has 0 aliphatic carbocycles. The third-order valence-corrected chi connectivity index (χ3v) is 3.74. The van der Waals surface area contributed by atoms with Crippen LogP contribution in [0.4, 0.5) is 4.79 Å². The molecular formula is C15H21N3O2S. The molecule has 1 unspecified atom stereocenters. The Morgan fingerprint density at radius 1 is 1.43 bits per heavy atom. The number of rotatable bonds is 4. The molecule has 2 aromatic rings. The van der Waals surface area contributed by atoms with Gasteiger partial charge in [-0.2, -0.15) is 0 Å². The van der Waals surface area contributed by atoms with E-state index in [0.29, 0.717) is 13.0 Å². The van der Waals surface area contributed by atoms with E-state index >= 15 is 0 Å². The second-order valence-corrected chi connectivity index (χ2v) is 7.04. The predicted molar refractivity (Wildman–Crippen MR) is 85.5 cm³/mol. The Morgan fingerprint density at radius 2 is 2.14 bits per heavy atom. The van der Waals surface area contributed by atoms with Crippen LogP contribution in [0.25, 0.3) is 10.2 Å². The molecule has 0 radical (unpaired) electrons. The van der Waals surface area contributed by atoms with Crippen molar-refractivity contribution in [3.05, 3.63) is 29.3 Å². The number of fused-ring (bicyclic) bond motifs is 1. The van der Waals surface area contributed by atoms with Crippen molar-refractivity contribution in [2.24, 2.45) is 5.73 Å². The molecule has 0 saturated carbocycles. The quantitative estimate of drug-likeness (QED) is 0.910. The van der Waals surface area contributed by atoms with Crippen LogP contribution in [0.1, 0.15) is 25.8 Å². The Morgan fingerprint density at radius 3 is 2.81 bits per heavy atom. The van der Waals surface area contributed by atoms with Gasteiger partial charge in [-0.1, -0.05) is 12.1 Å². The van der Waals surface area contributed by atoms with Crippen molar-refractivity contribution < 1.29 is 9.53 Å². The zero-order valence-corrected chi connectivity index (χ0v) is 13.4. The van der Waals surface area contributed by atoms with Crippen molar-refractivity contribution in [1.82, 2.24) is 10.3 Å². The molecule has 21 heavy (non-hydrogen) atoms. The summed E-state index contributed by atoms with van der Waals surface area (Å²) in [6, 6.07) is 7.81. The van der Waals surface area contributed by atoms with Gasteiger partial charge >= 0.3 is 6.09 Å². The van der Waals surface area contributed by atoms with E-state index in [1.165, 1.54) is 0 Å². The highest BCUT2D eigenvalue weighted by atomic mass is 32.1. The van der Waals surface area contributed by atoms with E-state index in [1.807, 2.05) is 45.0 Å². The Labute approximate surface area is 128 Å². The van der Waals surface area contributed by atoms with E-state index in [2.05, 4.69) is 10.3 Å². The molecule has 1 heterocycles. The number of carbonyl (C=O) groups excluding carboxylic acids is 1. The van der Waals surface area contributed by atoms with E-state index in [4.69, 9.17) is 10.5 Å². The van der Waals surface area contributed by atoms with E-state index in [-0.39, 0.29) is 6.04 Å². The summed E-state index contributed by atoms with van der Waals surface area (Å²) in [4.78, 5) is 16.1. The maximum Gasteiger partial charge on any atom is 0.407 e. The highest BCUT2D eigenvalue weighted by Crippen LogP contribution is 2.22. The molecule has 1 amide bonds. The van der Waals surface area contributed by atoms with Crippen molar-refractivity contribution >= 4 is 27.6 Å². The molecule has 0 fully saturated rings. The van der Waals surface area contributed by atoms with Crippen LogP contribution in [0.2, 0.25) is 0 Å². The molecule has 5 nitrogen and oxygen atoms in total. The number of carbonyl (C=O) groups is 1. The Hall–Kier alpha value is -1.66. The number of para-hydroxylation sites is 1. The van der Waals surface area contributed by atoms with E-state index in [9.17, 15) is 4.79 Å². The molecule has 2 rings (SSSR count). The van der Waals surface area contributed by atoms with Gasteiger partial charge in [0, 0.05) is 19.0 Å². The lowest BCUT2D eigenvalue weighted by atomic mass is 10.2. The van der Waals surface area contributed by atoms with Crippen LogP contribution in [0.3, 0.4) is 0 Å². The number of alkyl carbamates (subject to hydrolysis) is 1. The molecule has 0 bridgehead atoms. The van der Waals surface area contributed by atoms with Crippen molar-refractivity contribution in [3.8, 4) is 0 Å².